The van der Waals surface area contributed by atoms with Gasteiger partial charge in [0.1, 0.15) is 24.2 Å². The minimum Gasteiger partial charge on any atom is -0.377 e. The standard InChI is InChI=1S/C33H40FN7O5/c34-26-8-6-25(7-9-26)28-22-41(38-37-28)27-18-29-32(44)35-12-15-45-16-17-46-23-30(42)36-33(19-31(43)40(29)21-27)10-13-39(14-11-33)20-24-4-2-1-3-5-24/h1-9,22,27,29H,10-21,23H2,(H,35,44)(H,36,42)/t27-,29-/m0/s1. The molecule has 0 aliphatic carbocycles. The van der Waals surface area contributed by atoms with Crippen molar-refractivity contribution in [1.29, 1.82) is 0 Å². The van der Waals surface area contributed by atoms with E-state index in [4.69, 9.17) is 9.47 Å². The van der Waals surface area contributed by atoms with Crippen LogP contribution < -0.4 is 10.6 Å². The second-order valence-electron chi connectivity index (χ2n) is 12.3. The fourth-order valence-corrected chi connectivity index (χ4v) is 6.54. The normalized spacial score (nSPS) is 23.6. The van der Waals surface area contributed by atoms with Crippen LogP contribution in [0.3, 0.4) is 0 Å². The smallest absolute Gasteiger partial charge is 0.246 e. The van der Waals surface area contributed by atoms with Crippen LogP contribution in [-0.2, 0) is 30.4 Å². The average Bonchev–Trinajstić information content (AvgIpc) is 3.72. The number of benzene rings is 2. The first-order chi connectivity index (χ1) is 22.4. The lowest BCUT2D eigenvalue weighted by molar-refractivity contribution is -0.141. The van der Waals surface area contributed by atoms with Crippen LogP contribution in [-0.4, -0.2) is 107 Å². The van der Waals surface area contributed by atoms with Gasteiger partial charge in [-0.3, -0.25) is 19.3 Å². The van der Waals surface area contributed by atoms with Crippen LogP contribution >= 0.6 is 0 Å². The lowest BCUT2D eigenvalue weighted by Gasteiger charge is -2.43. The van der Waals surface area contributed by atoms with Crippen molar-refractivity contribution in [3.63, 3.8) is 0 Å². The van der Waals surface area contributed by atoms with Crippen molar-refractivity contribution in [1.82, 2.24) is 35.4 Å². The number of likely N-dealkylation sites (tertiary alicyclic amines) is 1. The number of ether oxygens (including phenoxy) is 2. The van der Waals surface area contributed by atoms with Gasteiger partial charge in [-0.2, -0.15) is 0 Å². The van der Waals surface area contributed by atoms with Gasteiger partial charge in [0.15, 0.2) is 0 Å². The zero-order valence-electron chi connectivity index (χ0n) is 25.8. The summed E-state index contributed by atoms with van der Waals surface area (Å²) in [5.74, 6) is -1.09. The fraction of sp³-hybridized carbons (Fsp3) is 0.485. The van der Waals surface area contributed by atoms with Crippen molar-refractivity contribution < 1.29 is 28.2 Å². The number of hydrogen-bond donors (Lipinski definition) is 2. The van der Waals surface area contributed by atoms with Gasteiger partial charge in [-0.1, -0.05) is 35.5 Å². The summed E-state index contributed by atoms with van der Waals surface area (Å²) < 4.78 is 26.2. The number of nitrogens with zero attached hydrogens (tertiary/aromatic N) is 5. The number of piperidine rings is 1. The van der Waals surface area contributed by atoms with Crippen molar-refractivity contribution in [2.45, 2.75) is 49.9 Å². The molecule has 0 bridgehead atoms. The van der Waals surface area contributed by atoms with E-state index in [1.807, 2.05) is 18.2 Å². The zero-order chi connectivity index (χ0) is 31.9. The van der Waals surface area contributed by atoms with E-state index in [-0.39, 0.29) is 68.9 Å². The molecule has 2 atom stereocenters. The van der Waals surface area contributed by atoms with Crippen LogP contribution in [0, 0.1) is 5.82 Å². The van der Waals surface area contributed by atoms with E-state index in [1.165, 1.54) is 17.7 Å². The van der Waals surface area contributed by atoms with Crippen molar-refractivity contribution >= 4 is 17.7 Å². The topological polar surface area (TPSA) is 131 Å². The molecule has 13 heteroatoms. The van der Waals surface area contributed by atoms with Gasteiger partial charge in [-0.15, -0.1) is 5.10 Å². The molecule has 46 heavy (non-hydrogen) atoms. The maximum atomic E-state index is 14.2. The average molecular weight is 634 g/mol. The lowest BCUT2D eigenvalue weighted by Crippen LogP contribution is -2.58. The third-order valence-corrected chi connectivity index (χ3v) is 9.03. The minimum absolute atomic E-state index is 0.0652. The summed E-state index contributed by atoms with van der Waals surface area (Å²) in [6.45, 7) is 3.42. The predicted octanol–water partition coefficient (Wildman–Crippen LogP) is 1.93. The third kappa shape index (κ3) is 7.77. The van der Waals surface area contributed by atoms with Gasteiger partial charge in [-0.05, 0) is 42.7 Å². The molecule has 4 heterocycles. The largest absolute Gasteiger partial charge is 0.377 e. The van der Waals surface area contributed by atoms with Gasteiger partial charge >= 0.3 is 0 Å². The first-order valence-electron chi connectivity index (χ1n) is 15.9. The molecule has 3 aliphatic heterocycles. The molecular formula is C33H40FN7O5. The Morgan fingerprint density at radius 1 is 0.957 bits per heavy atom. The van der Waals surface area contributed by atoms with Gasteiger partial charge < -0.3 is 25.0 Å². The molecule has 1 spiro atoms. The van der Waals surface area contributed by atoms with Crippen LogP contribution in [0.5, 0.6) is 0 Å². The summed E-state index contributed by atoms with van der Waals surface area (Å²) in [6.07, 6.45) is 3.34. The van der Waals surface area contributed by atoms with E-state index >= 15 is 0 Å². The van der Waals surface area contributed by atoms with Gasteiger partial charge in [0, 0.05) is 44.7 Å². The molecular weight excluding hydrogens is 593 g/mol. The van der Waals surface area contributed by atoms with E-state index in [2.05, 4.69) is 38.0 Å². The molecule has 0 unspecified atom stereocenters. The quantitative estimate of drug-likeness (QED) is 0.446. The highest BCUT2D eigenvalue weighted by atomic mass is 19.1. The molecule has 0 radical (unpaired) electrons. The highest BCUT2D eigenvalue weighted by molar-refractivity contribution is 5.89. The molecule has 244 valence electrons. The Balaban J connectivity index is 1.21. The SMILES string of the molecule is O=C1COCCOCCNC(=O)[C@@H]2C[C@H](n3cc(-c4ccc(F)cc4)nn3)CN2C(=O)CC2(CCN(Cc3ccccc3)CC2)N1. The number of halogens is 1. The summed E-state index contributed by atoms with van der Waals surface area (Å²) in [5.41, 5.74) is 1.71. The summed E-state index contributed by atoms with van der Waals surface area (Å²) >= 11 is 0. The first kappa shape index (κ1) is 31.8. The van der Waals surface area contributed by atoms with Crippen molar-refractivity contribution in [3.05, 3.63) is 72.2 Å². The number of hydrogen-bond acceptors (Lipinski definition) is 8. The Kier molecular flexibility index (Phi) is 10.0. The summed E-state index contributed by atoms with van der Waals surface area (Å²) in [5, 5.41) is 14.6. The number of rotatable bonds is 4. The van der Waals surface area contributed by atoms with Gasteiger partial charge in [-0.25, -0.2) is 9.07 Å². The molecule has 12 nitrogen and oxygen atoms in total. The first-order valence-corrected chi connectivity index (χ1v) is 15.9. The molecule has 0 saturated carbocycles. The maximum Gasteiger partial charge on any atom is 0.246 e. The second kappa shape index (κ2) is 14.5. The molecule has 2 aromatic carbocycles. The molecule has 3 aromatic rings. The Morgan fingerprint density at radius 3 is 2.50 bits per heavy atom. The fourth-order valence-electron chi connectivity index (χ4n) is 6.54. The second-order valence-corrected chi connectivity index (χ2v) is 12.3. The number of amides is 3. The van der Waals surface area contributed by atoms with Crippen LogP contribution in [0.4, 0.5) is 4.39 Å². The molecule has 1 aromatic heterocycles. The minimum atomic E-state index is -0.777. The van der Waals surface area contributed by atoms with Crippen LogP contribution in [0.25, 0.3) is 11.3 Å². The Morgan fingerprint density at radius 2 is 1.72 bits per heavy atom. The van der Waals surface area contributed by atoms with E-state index in [9.17, 15) is 18.8 Å². The summed E-state index contributed by atoms with van der Waals surface area (Å²) in [7, 11) is 0. The Hall–Kier alpha value is -4.20. The molecule has 3 amide bonds. The highest BCUT2D eigenvalue weighted by Gasteiger charge is 2.45. The van der Waals surface area contributed by atoms with Crippen molar-refractivity contribution in [2.75, 3.05) is 52.6 Å². The van der Waals surface area contributed by atoms with E-state index < -0.39 is 11.6 Å². The van der Waals surface area contributed by atoms with E-state index in [0.717, 1.165) is 6.54 Å². The number of aromatic nitrogens is 3. The predicted molar refractivity (Wildman–Crippen MR) is 166 cm³/mol. The van der Waals surface area contributed by atoms with Gasteiger partial charge in [0.05, 0.1) is 44.0 Å². The van der Waals surface area contributed by atoms with Crippen molar-refractivity contribution in [2.24, 2.45) is 0 Å². The molecule has 3 saturated heterocycles. The Labute approximate surface area is 267 Å². The van der Waals surface area contributed by atoms with Gasteiger partial charge in [0.2, 0.25) is 17.7 Å². The zero-order valence-corrected chi connectivity index (χ0v) is 25.8. The van der Waals surface area contributed by atoms with Crippen molar-refractivity contribution in [3.8, 4) is 11.3 Å². The van der Waals surface area contributed by atoms with Crippen LogP contribution in [0.2, 0.25) is 0 Å². The molecule has 2 N–H and O–H groups in total. The van der Waals surface area contributed by atoms with Gasteiger partial charge in [0.25, 0.3) is 0 Å². The molecule has 3 aliphatic rings. The van der Waals surface area contributed by atoms with E-state index in [1.54, 1.807) is 27.9 Å². The number of nitrogens with one attached hydrogen (secondary N) is 2. The van der Waals surface area contributed by atoms with E-state index in [0.29, 0.717) is 50.2 Å². The number of carbonyl (C=O) groups excluding carboxylic acids is 3. The number of fused-ring (bicyclic) bond motifs is 1. The maximum absolute atomic E-state index is 14.2. The monoisotopic (exact) mass is 633 g/mol. The lowest BCUT2D eigenvalue weighted by atomic mass is 9.83. The Bertz CT molecular complexity index is 1490. The number of carbonyl (C=O) groups is 3. The highest BCUT2D eigenvalue weighted by Crippen LogP contribution is 2.33. The molecule has 3 fully saturated rings. The summed E-state index contributed by atoms with van der Waals surface area (Å²) in [4.78, 5) is 44.6. The molecule has 6 rings (SSSR count). The third-order valence-electron chi connectivity index (χ3n) is 9.03. The van der Waals surface area contributed by atoms with Crippen LogP contribution in [0.15, 0.2) is 60.8 Å². The summed E-state index contributed by atoms with van der Waals surface area (Å²) in [6, 6.07) is 15.2. The van der Waals surface area contributed by atoms with Crippen LogP contribution in [0.1, 0.15) is 37.3 Å².